The Labute approximate surface area is 67.0 Å². The van der Waals surface area contributed by atoms with Crippen molar-refractivity contribution in [2.24, 2.45) is 0 Å². The van der Waals surface area contributed by atoms with Crippen molar-refractivity contribution in [3.05, 3.63) is 0 Å². The zero-order valence-electron chi connectivity index (χ0n) is 7.22. The highest BCUT2D eigenvalue weighted by molar-refractivity contribution is 5.77. The molecule has 0 aromatic heterocycles. The van der Waals surface area contributed by atoms with E-state index in [1.54, 1.807) is 14.0 Å². The highest BCUT2D eigenvalue weighted by atomic mass is 16.3. The average Bonchev–Trinajstić information content (AvgIpc) is 1.99. The topological polar surface area (TPSA) is 61.4 Å². The lowest BCUT2D eigenvalue weighted by Gasteiger charge is -2.15. The summed E-state index contributed by atoms with van der Waals surface area (Å²) in [6.45, 7) is 3.76. The van der Waals surface area contributed by atoms with Gasteiger partial charge in [-0.1, -0.05) is 0 Å². The second-order valence-corrected chi connectivity index (χ2v) is 2.58. The van der Waals surface area contributed by atoms with Gasteiger partial charge in [0, 0.05) is 13.1 Å². The van der Waals surface area contributed by atoms with Crippen LogP contribution in [-0.4, -0.2) is 36.8 Å². The largest absolute Gasteiger partial charge is 0.392 e. The van der Waals surface area contributed by atoms with Crippen molar-refractivity contribution >= 4 is 5.91 Å². The summed E-state index contributed by atoms with van der Waals surface area (Å²) in [5, 5.41) is 14.4. The highest BCUT2D eigenvalue weighted by Crippen LogP contribution is 1.88. The smallest absolute Gasteiger partial charge is 0.233 e. The van der Waals surface area contributed by atoms with Crippen LogP contribution in [-0.2, 0) is 4.79 Å². The van der Waals surface area contributed by atoms with Crippen LogP contribution in [0.2, 0.25) is 0 Å². The Hall–Kier alpha value is -0.610. The van der Waals surface area contributed by atoms with Crippen molar-refractivity contribution in [1.82, 2.24) is 10.6 Å². The second kappa shape index (κ2) is 5.09. The maximum absolute atomic E-state index is 10.7. The number of likely N-dealkylation sites (N-methyl/N-ethyl adjacent to an activating group) is 1. The second-order valence-electron chi connectivity index (χ2n) is 2.58. The molecule has 0 aliphatic rings. The molecule has 0 saturated heterocycles. The van der Waals surface area contributed by atoms with E-state index in [-0.39, 0.29) is 18.5 Å². The first-order valence-electron chi connectivity index (χ1n) is 3.70. The molecule has 0 aliphatic carbocycles. The predicted octanol–water partition coefficient (Wildman–Crippen LogP) is -0.909. The van der Waals surface area contributed by atoms with Gasteiger partial charge >= 0.3 is 0 Å². The summed E-state index contributed by atoms with van der Waals surface area (Å²) >= 11 is 0. The first kappa shape index (κ1) is 10.4. The standard InChI is InChI=1S/C7H16N2O2/c1-5(6(2)10)9-4-7(11)8-3/h5-6,9-10H,4H2,1-3H3,(H,8,11). The number of rotatable bonds is 4. The lowest BCUT2D eigenvalue weighted by Crippen LogP contribution is -2.41. The fourth-order valence-electron chi connectivity index (χ4n) is 0.513. The van der Waals surface area contributed by atoms with Crippen molar-refractivity contribution in [3.63, 3.8) is 0 Å². The molecule has 66 valence electrons. The molecule has 0 saturated carbocycles. The van der Waals surface area contributed by atoms with Gasteiger partial charge in [-0.05, 0) is 13.8 Å². The molecule has 0 spiro atoms. The zero-order valence-corrected chi connectivity index (χ0v) is 7.22. The fraction of sp³-hybridized carbons (Fsp3) is 0.857. The van der Waals surface area contributed by atoms with Crippen LogP contribution in [0.15, 0.2) is 0 Å². The van der Waals surface area contributed by atoms with E-state index in [0.717, 1.165) is 0 Å². The van der Waals surface area contributed by atoms with Gasteiger partial charge in [-0.15, -0.1) is 0 Å². The monoisotopic (exact) mass is 160 g/mol. The van der Waals surface area contributed by atoms with Gasteiger partial charge in [0.05, 0.1) is 12.6 Å². The van der Waals surface area contributed by atoms with Crippen molar-refractivity contribution in [1.29, 1.82) is 0 Å². The van der Waals surface area contributed by atoms with E-state index in [2.05, 4.69) is 10.6 Å². The summed E-state index contributed by atoms with van der Waals surface area (Å²) in [7, 11) is 1.58. The summed E-state index contributed by atoms with van der Waals surface area (Å²) in [6, 6.07) is -0.0488. The van der Waals surface area contributed by atoms with E-state index < -0.39 is 6.10 Å². The molecule has 0 aromatic carbocycles. The maximum Gasteiger partial charge on any atom is 0.233 e. The number of hydrogen-bond donors (Lipinski definition) is 3. The van der Waals surface area contributed by atoms with E-state index >= 15 is 0 Å². The minimum atomic E-state index is -0.431. The van der Waals surface area contributed by atoms with Crippen molar-refractivity contribution in [2.75, 3.05) is 13.6 Å². The first-order chi connectivity index (χ1) is 5.07. The molecule has 0 aliphatic heterocycles. The van der Waals surface area contributed by atoms with Gasteiger partial charge in [-0.2, -0.15) is 0 Å². The van der Waals surface area contributed by atoms with Crippen LogP contribution >= 0.6 is 0 Å². The summed E-state index contributed by atoms with van der Waals surface area (Å²) in [5.41, 5.74) is 0. The number of aliphatic hydroxyl groups excluding tert-OH is 1. The van der Waals surface area contributed by atoms with E-state index in [4.69, 9.17) is 5.11 Å². The number of hydrogen-bond acceptors (Lipinski definition) is 3. The molecule has 0 bridgehead atoms. The van der Waals surface area contributed by atoms with E-state index in [1.807, 2.05) is 6.92 Å². The minimum absolute atomic E-state index is 0.0488. The molecule has 4 nitrogen and oxygen atoms in total. The number of nitrogens with one attached hydrogen (secondary N) is 2. The van der Waals surface area contributed by atoms with Gasteiger partial charge < -0.3 is 15.7 Å². The molecule has 4 heteroatoms. The number of carbonyl (C=O) groups excluding carboxylic acids is 1. The Morgan fingerprint density at radius 2 is 2.09 bits per heavy atom. The van der Waals surface area contributed by atoms with E-state index in [1.165, 1.54) is 0 Å². The van der Waals surface area contributed by atoms with Crippen LogP contribution in [0.5, 0.6) is 0 Å². The quantitative estimate of drug-likeness (QED) is 0.499. The molecule has 0 rings (SSSR count). The van der Waals surface area contributed by atoms with Crippen molar-refractivity contribution in [3.8, 4) is 0 Å². The molecule has 3 N–H and O–H groups in total. The Kier molecular flexibility index (Phi) is 4.81. The van der Waals surface area contributed by atoms with Crippen LogP contribution in [0.4, 0.5) is 0 Å². The van der Waals surface area contributed by atoms with Crippen molar-refractivity contribution < 1.29 is 9.90 Å². The molecule has 2 unspecified atom stereocenters. The summed E-state index contributed by atoms with van der Waals surface area (Å²) in [4.78, 5) is 10.7. The fourth-order valence-corrected chi connectivity index (χ4v) is 0.513. The molecule has 0 aromatic rings. The number of aliphatic hydroxyl groups is 1. The van der Waals surface area contributed by atoms with Crippen LogP contribution in [0.25, 0.3) is 0 Å². The van der Waals surface area contributed by atoms with Gasteiger partial charge in [-0.3, -0.25) is 4.79 Å². The van der Waals surface area contributed by atoms with Gasteiger partial charge in [0.15, 0.2) is 0 Å². The minimum Gasteiger partial charge on any atom is -0.392 e. The molecule has 0 radical (unpaired) electrons. The third kappa shape index (κ3) is 4.75. The average molecular weight is 160 g/mol. The summed E-state index contributed by atoms with van der Waals surface area (Å²) in [6.07, 6.45) is -0.431. The highest BCUT2D eigenvalue weighted by Gasteiger charge is 2.08. The normalized spacial score (nSPS) is 15.6. The zero-order chi connectivity index (χ0) is 8.85. The Bertz CT molecular complexity index is 126. The lowest BCUT2D eigenvalue weighted by molar-refractivity contribution is -0.119. The molecule has 0 heterocycles. The third-order valence-corrected chi connectivity index (χ3v) is 1.59. The number of amides is 1. The first-order valence-corrected chi connectivity index (χ1v) is 3.70. The molecular formula is C7H16N2O2. The molecule has 2 atom stereocenters. The molecule has 11 heavy (non-hydrogen) atoms. The molecule has 1 amide bonds. The van der Waals surface area contributed by atoms with Crippen LogP contribution in [0, 0.1) is 0 Å². The predicted molar refractivity (Wildman–Crippen MR) is 43.2 cm³/mol. The Balaban J connectivity index is 3.45. The SMILES string of the molecule is CNC(=O)CNC(C)C(C)O. The van der Waals surface area contributed by atoms with Gasteiger partial charge in [-0.25, -0.2) is 0 Å². The van der Waals surface area contributed by atoms with Gasteiger partial charge in [0.2, 0.25) is 5.91 Å². The summed E-state index contributed by atoms with van der Waals surface area (Å²) in [5.74, 6) is -0.0718. The molecular weight excluding hydrogens is 144 g/mol. The summed E-state index contributed by atoms with van der Waals surface area (Å²) < 4.78 is 0. The van der Waals surface area contributed by atoms with Crippen LogP contribution in [0.3, 0.4) is 0 Å². The van der Waals surface area contributed by atoms with Crippen LogP contribution < -0.4 is 10.6 Å². The van der Waals surface area contributed by atoms with E-state index in [9.17, 15) is 4.79 Å². The lowest BCUT2D eigenvalue weighted by atomic mass is 10.2. The Morgan fingerprint density at radius 1 is 1.55 bits per heavy atom. The third-order valence-electron chi connectivity index (χ3n) is 1.59. The van der Waals surface area contributed by atoms with Crippen molar-refractivity contribution in [2.45, 2.75) is 26.0 Å². The van der Waals surface area contributed by atoms with E-state index in [0.29, 0.717) is 0 Å². The van der Waals surface area contributed by atoms with Gasteiger partial charge in [0.25, 0.3) is 0 Å². The molecule has 0 fully saturated rings. The maximum atomic E-state index is 10.7. The van der Waals surface area contributed by atoms with Gasteiger partial charge in [0.1, 0.15) is 0 Å². The number of carbonyl (C=O) groups is 1. The Morgan fingerprint density at radius 3 is 2.45 bits per heavy atom. The van der Waals surface area contributed by atoms with Crippen LogP contribution in [0.1, 0.15) is 13.8 Å².